The van der Waals surface area contributed by atoms with Crippen molar-refractivity contribution in [3.8, 4) is 0 Å². The van der Waals surface area contributed by atoms with Gasteiger partial charge in [-0.05, 0) is 30.6 Å². The first-order chi connectivity index (χ1) is 13.6. The number of alkyl halides is 1. The fraction of sp³-hybridized carbons (Fsp3) is 0.364. The van der Waals surface area contributed by atoms with Crippen molar-refractivity contribution in [2.24, 2.45) is 5.92 Å². The number of halogens is 1. The van der Waals surface area contributed by atoms with Crippen LogP contribution in [0.25, 0.3) is 0 Å². The van der Waals surface area contributed by atoms with Gasteiger partial charge in [-0.15, -0.1) is 0 Å². The molecule has 7 heteroatoms. The molecule has 0 aliphatic heterocycles. The van der Waals surface area contributed by atoms with Crippen molar-refractivity contribution < 1.29 is 28.6 Å². The lowest BCUT2D eigenvalue weighted by Gasteiger charge is -2.29. The predicted molar refractivity (Wildman–Crippen MR) is 110 cm³/mol. The lowest BCUT2D eigenvalue weighted by molar-refractivity contribution is -0.143. The number of hydrogen-bond acceptors (Lipinski definition) is 4. The Hall–Kier alpha value is -3.09. The van der Waals surface area contributed by atoms with E-state index in [1.54, 1.807) is 31.2 Å². The van der Waals surface area contributed by atoms with Crippen molar-refractivity contribution in [2.45, 2.75) is 32.0 Å². The number of ether oxygens (including phenoxy) is 2. The highest BCUT2D eigenvalue weighted by Crippen LogP contribution is 2.28. The van der Waals surface area contributed by atoms with Crippen LogP contribution in [0.4, 0.5) is 9.18 Å². The van der Waals surface area contributed by atoms with Gasteiger partial charge >= 0.3 is 12.1 Å². The topological polar surface area (TPSA) is 84.9 Å². The molecule has 1 aliphatic carbocycles. The smallest absolute Gasteiger partial charge is 0.407 e. The molecule has 0 spiro atoms. The van der Waals surface area contributed by atoms with Gasteiger partial charge < -0.3 is 19.9 Å². The van der Waals surface area contributed by atoms with Crippen molar-refractivity contribution in [3.63, 3.8) is 0 Å². The van der Waals surface area contributed by atoms with E-state index in [1.807, 2.05) is 12.2 Å². The molecule has 0 saturated carbocycles. The zero-order chi connectivity index (χ0) is 22.0. The highest BCUT2D eigenvalue weighted by atomic mass is 19.1. The van der Waals surface area contributed by atoms with E-state index in [1.165, 1.54) is 13.2 Å². The molecule has 0 radical (unpaired) electrons. The summed E-state index contributed by atoms with van der Waals surface area (Å²) in [4.78, 5) is 23.8. The molecule has 29 heavy (non-hydrogen) atoms. The van der Waals surface area contributed by atoms with Crippen molar-refractivity contribution in [3.05, 3.63) is 72.6 Å². The first-order valence-corrected chi connectivity index (χ1v) is 9.13. The summed E-state index contributed by atoms with van der Waals surface area (Å²) in [6.07, 6.45) is 11.5. The molecule has 1 rings (SSSR count). The normalized spacial score (nSPS) is 21.6. The van der Waals surface area contributed by atoms with Crippen molar-refractivity contribution >= 4 is 12.1 Å². The van der Waals surface area contributed by atoms with Gasteiger partial charge in [0.25, 0.3) is 0 Å². The lowest BCUT2D eigenvalue weighted by atomic mass is 9.93. The number of hydrogen-bond donors (Lipinski definition) is 2. The first-order valence-electron chi connectivity index (χ1n) is 9.13. The number of rotatable bonds is 8. The number of amides is 1. The van der Waals surface area contributed by atoms with E-state index in [0.29, 0.717) is 17.6 Å². The molecule has 158 valence electrons. The van der Waals surface area contributed by atoms with E-state index in [0.717, 1.165) is 6.92 Å². The number of methoxy groups -OCH3 is 1. The van der Waals surface area contributed by atoms with E-state index in [4.69, 9.17) is 9.47 Å². The summed E-state index contributed by atoms with van der Waals surface area (Å²) in [5, 5.41) is 11.5. The Morgan fingerprint density at radius 3 is 2.28 bits per heavy atom. The van der Waals surface area contributed by atoms with Gasteiger partial charge in [0.05, 0.1) is 7.11 Å². The number of carboxylic acids is 1. The Kier molecular flexibility index (Phi) is 9.12. The monoisotopic (exact) mass is 405 g/mol. The van der Waals surface area contributed by atoms with Gasteiger partial charge in [0.1, 0.15) is 12.4 Å². The average Bonchev–Trinajstić information content (AvgIpc) is 2.73. The maximum absolute atomic E-state index is 15.2. The number of allylic oxidation sites excluding steroid dienone is 7. The second-order valence-corrected chi connectivity index (χ2v) is 6.58. The van der Waals surface area contributed by atoms with Crippen LogP contribution < -0.4 is 5.32 Å². The third-order valence-electron chi connectivity index (χ3n) is 4.37. The van der Waals surface area contributed by atoms with Crippen LogP contribution in [0.2, 0.25) is 0 Å². The van der Waals surface area contributed by atoms with Crippen molar-refractivity contribution in [1.82, 2.24) is 5.32 Å². The Morgan fingerprint density at radius 1 is 1.28 bits per heavy atom. The van der Waals surface area contributed by atoms with Gasteiger partial charge in [0.15, 0.2) is 11.7 Å². The minimum absolute atomic E-state index is 0.130. The number of alkyl carbamates (subject to hydrolysis) is 1. The highest BCUT2D eigenvalue weighted by Gasteiger charge is 2.45. The maximum Gasteiger partial charge on any atom is 0.407 e. The number of carbonyl (C=O) groups is 2. The predicted octanol–water partition coefficient (Wildman–Crippen LogP) is 4.25. The van der Waals surface area contributed by atoms with Crippen LogP contribution in [0.1, 0.15) is 20.3 Å². The van der Waals surface area contributed by atoms with Crippen LogP contribution >= 0.6 is 0 Å². The molecule has 0 aromatic carbocycles. The summed E-state index contributed by atoms with van der Waals surface area (Å²) in [6.45, 7) is 10.5. The molecule has 0 heterocycles. The van der Waals surface area contributed by atoms with E-state index < -0.39 is 29.7 Å². The Bertz CT molecular complexity index is 733. The number of aliphatic carboxylic acids is 1. The van der Waals surface area contributed by atoms with E-state index in [9.17, 15) is 14.7 Å². The molecule has 0 fully saturated rings. The zero-order valence-electron chi connectivity index (χ0n) is 17.0. The Labute approximate surface area is 170 Å². The third-order valence-corrected chi connectivity index (χ3v) is 4.37. The summed E-state index contributed by atoms with van der Waals surface area (Å²) in [5.41, 5.74) is -1.15. The van der Waals surface area contributed by atoms with Crippen LogP contribution in [0.5, 0.6) is 0 Å². The molecule has 0 saturated heterocycles. The number of nitrogens with one attached hydrogen (secondary N) is 1. The molecule has 0 bridgehead atoms. The largest absolute Gasteiger partial charge is 0.498 e. The van der Waals surface area contributed by atoms with Crippen molar-refractivity contribution in [1.29, 1.82) is 0 Å². The van der Waals surface area contributed by atoms with Crippen LogP contribution in [0.15, 0.2) is 72.6 Å². The van der Waals surface area contributed by atoms with Crippen LogP contribution in [0.3, 0.4) is 0 Å². The second-order valence-electron chi connectivity index (χ2n) is 6.58. The maximum atomic E-state index is 15.2. The van der Waals surface area contributed by atoms with Gasteiger partial charge in [-0.2, -0.15) is 0 Å². The summed E-state index contributed by atoms with van der Waals surface area (Å²) >= 11 is 0. The molecule has 2 N–H and O–H groups in total. The van der Waals surface area contributed by atoms with Gasteiger partial charge in [0.2, 0.25) is 0 Å². The molecule has 1 amide bonds. The minimum Gasteiger partial charge on any atom is -0.498 e. The van der Waals surface area contributed by atoms with Crippen LogP contribution in [-0.2, 0) is 14.3 Å². The van der Waals surface area contributed by atoms with E-state index >= 15 is 4.39 Å². The molecule has 1 unspecified atom stereocenters. The molecule has 0 aromatic rings. The fourth-order valence-corrected chi connectivity index (χ4v) is 2.73. The average molecular weight is 405 g/mol. The molecule has 1 aliphatic rings. The van der Waals surface area contributed by atoms with Gasteiger partial charge in [-0.25, -0.2) is 14.0 Å². The third kappa shape index (κ3) is 6.78. The number of carbonyl (C=O) groups excluding carboxylic acids is 1. The summed E-state index contributed by atoms with van der Waals surface area (Å²) in [6, 6.07) is -1.90. The van der Waals surface area contributed by atoms with Gasteiger partial charge in [-0.3, -0.25) is 0 Å². The summed E-state index contributed by atoms with van der Waals surface area (Å²) in [5.74, 6) is -2.14. The molecule has 6 nitrogen and oxygen atoms in total. The highest BCUT2D eigenvalue weighted by molar-refractivity contribution is 5.81. The van der Waals surface area contributed by atoms with Crippen LogP contribution in [-0.4, -0.2) is 42.6 Å². The summed E-state index contributed by atoms with van der Waals surface area (Å²) in [7, 11) is 1.24. The van der Waals surface area contributed by atoms with Gasteiger partial charge in [0, 0.05) is 5.92 Å². The number of carboxylic acid groups (broad SMARTS) is 1. The van der Waals surface area contributed by atoms with Crippen LogP contribution in [0, 0.1) is 5.92 Å². The van der Waals surface area contributed by atoms with Gasteiger partial charge in [-0.1, -0.05) is 56.5 Å². The zero-order valence-corrected chi connectivity index (χ0v) is 17.0. The first kappa shape index (κ1) is 23.9. The molecular formula is C22H28FNO5. The Morgan fingerprint density at radius 2 is 1.83 bits per heavy atom. The summed E-state index contributed by atoms with van der Waals surface area (Å²) < 4.78 is 25.3. The van der Waals surface area contributed by atoms with Crippen molar-refractivity contribution in [2.75, 3.05) is 13.7 Å². The SMILES string of the molecule is C=C1\C=C/C=C\C=C/C(=C)C1COC(=O)NC(C(=O)O)[C@](C)(F)/C(=C\CC)OC. The molecule has 2 atom stereocenters. The lowest BCUT2D eigenvalue weighted by Crippen LogP contribution is -2.54. The van der Waals surface area contributed by atoms with E-state index in [2.05, 4.69) is 18.5 Å². The second kappa shape index (κ2) is 11.0. The minimum atomic E-state index is -2.47. The molecule has 0 aromatic heterocycles. The van der Waals surface area contributed by atoms with E-state index in [-0.39, 0.29) is 12.4 Å². The fourth-order valence-electron chi connectivity index (χ4n) is 2.73. The standard InChI is InChI=1S/C22H28FNO5/c1-6-11-18(28-5)22(4,23)19(20(25)26)24-21(27)29-14-17-15(2)12-9-7-8-10-13-16(17)3/h7-13,17,19H,2-3,6,14H2,1,4-5H3,(H,24,27)(H,25,26)/b8-7-,12-9-,13-10-,18-11+/t19?,22-/m1/s1. The quantitative estimate of drug-likeness (QED) is 0.590. The Balaban J connectivity index is 2.89. The molecular weight excluding hydrogens is 377 g/mol.